The van der Waals surface area contributed by atoms with Gasteiger partial charge in [-0.15, -0.1) is 12.4 Å². The molecule has 1 aromatic heterocycles. The summed E-state index contributed by atoms with van der Waals surface area (Å²) in [5.74, 6) is -0.187. The molecule has 0 radical (unpaired) electrons. The van der Waals surface area contributed by atoms with Crippen molar-refractivity contribution in [3.63, 3.8) is 0 Å². The largest absolute Gasteiger partial charge is 0.302 e. The van der Waals surface area contributed by atoms with Crippen LogP contribution >= 0.6 is 23.7 Å². The molecule has 1 aliphatic rings. The Balaban J connectivity index is 0.00000387. The first kappa shape index (κ1) is 31.0. The minimum absolute atomic E-state index is 0. The SMILES string of the molecule is CCN(CC)CCN(C(=O)c1ccc(S(=O)(=O)N2CCCc3ccccc32)cc1)c1nc2c(C)cc(C)cc2s1.Cl. The molecular weight excluding hydrogens is 576 g/mol. The molecule has 41 heavy (non-hydrogen) atoms. The Hall–Kier alpha value is -2.98. The second-order valence-corrected chi connectivity index (χ2v) is 13.1. The van der Waals surface area contributed by atoms with Crippen molar-refractivity contribution in [3.05, 3.63) is 82.9 Å². The van der Waals surface area contributed by atoms with Gasteiger partial charge in [-0.3, -0.25) is 14.0 Å². The van der Waals surface area contributed by atoms with Crippen molar-refractivity contribution < 1.29 is 13.2 Å². The van der Waals surface area contributed by atoms with Gasteiger partial charge in [0.1, 0.15) is 0 Å². The number of rotatable bonds is 9. The maximum Gasteiger partial charge on any atom is 0.264 e. The van der Waals surface area contributed by atoms with Crippen LogP contribution in [0.15, 0.2) is 65.6 Å². The molecule has 7 nitrogen and oxygen atoms in total. The number of sulfonamides is 1. The van der Waals surface area contributed by atoms with Crippen LogP contribution in [0.1, 0.15) is 47.3 Å². The number of halogens is 1. The monoisotopic (exact) mass is 612 g/mol. The van der Waals surface area contributed by atoms with Crippen LogP contribution in [0.5, 0.6) is 0 Å². The summed E-state index contributed by atoms with van der Waals surface area (Å²) in [6.45, 7) is 11.8. The number of carbonyl (C=O) groups is 1. The van der Waals surface area contributed by atoms with Crippen molar-refractivity contribution in [2.75, 3.05) is 41.9 Å². The van der Waals surface area contributed by atoms with E-state index in [0.717, 1.165) is 58.5 Å². The van der Waals surface area contributed by atoms with Crippen LogP contribution in [0.4, 0.5) is 10.8 Å². The molecule has 0 saturated heterocycles. The molecule has 0 atom stereocenters. The number of para-hydroxylation sites is 1. The average Bonchev–Trinajstić information content (AvgIpc) is 3.39. The molecule has 1 amide bonds. The van der Waals surface area contributed by atoms with Gasteiger partial charge in [-0.05, 0) is 92.9 Å². The molecule has 4 aromatic rings. The van der Waals surface area contributed by atoms with E-state index in [1.807, 2.05) is 31.2 Å². The maximum absolute atomic E-state index is 13.9. The highest BCUT2D eigenvalue weighted by atomic mass is 35.5. The lowest BCUT2D eigenvalue weighted by molar-refractivity contribution is 0.0983. The van der Waals surface area contributed by atoms with Gasteiger partial charge in [0.25, 0.3) is 15.9 Å². The number of aryl methyl sites for hydroxylation is 3. The number of hydrogen-bond acceptors (Lipinski definition) is 6. The van der Waals surface area contributed by atoms with Crippen LogP contribution < -0.4 is 9.21 Å². The van der Waals surface area contributed by atoms with Gasteiger partial charge >= 0.3 is 0 Å². The number of thiazole rings is 1. The molecule has 2 heterocycles. The number of likely N-dealkylation sites (N-methyl/N-ethyl adjacent to an activating group) is 1. The first-order valence-electron chi connectivity index (χ1n) is 13.9. The Morgan fingerprint density at radius 3 is 2.41 bits per heavy atom. The van der Waals surface area contributed by atoms with E-state index in [2.05, 4.69) is 37.8 Å². The summed E-state index contributed by atoms with van der Waals surface area (Å²) in [6, 6.07) is 18.2. The number of benzene rings is 3. The van der Waals surface area contributed by atoms with Crippen molar-refractivity contribution in [2.45, 2.75) is 45.4 Å². The zero-order valence-corrected chi connectivity index (χ0v) is 26.4. The molecule has 5 rings (SSSR count). The van der Waals surface area contributed by atoms with Crippen LogP contribution in [0.3, 0.4) is 0 Å². The van der Waals surface area contributed by atoms with E-state index in [9.17, 15) is 13.2 Å². The standard InChI is InChI=1S/C31H36N4O3S2.ClH/c1-5-33(6-2)18-19-34(31-32-29-23(4)20-22(3)21-28(29)39-31)30(36)25-13-15-26(16-14-25)40(37,38)35-17-9-11-24-10-7-8-12-27(24)35;/h7-8,10,12-16,20-21H,5-6,9,11,17-19H2,1-4H3;1H. The minimum atomic E-state index is -3.75. The Bertz CT molecular complexity index is 1630. The number of aromatic nitrogens is 1. The summed E-state index contributed by atoms with van der Waals surface area (Å²) in [6.07, 6.45) is 1.64. The Labute approximate surface area is 253 Å². The lowest BCUT2D eigenvalue weighted by Gasteiger charge is -2.30. The molecule has 218 valence electrons. The van der Waals surface area contributed by atoms with Gasteiger partial charge in [-0.2, -0.15) is 0 Å². The quantitative estimate of drug-likeness (QED) is 0.217. The first-order chi connectivity index (χ1) is 19.2. The Morgan fingerprint density at radius 1 is 1.00 bits per heavy atom. The zero-order valence-electron chi connectivity index (χ0n) is 24.0. The highest BCUT2D eigenvalue weighted by Crippen LogP contribution is 2.34. The van der Waals surface area contributed by atoms with Gasteiger partial charge in [0.15, 0.2) is 5.13 Å². The molecule has 0 fully saturated rings. The number of anilines is 2. The fourth-order valence-corrected chi connectivity index (χ4v) is 8.05. The van der Waals surface area contributed by atoms with Crippen LogP contribution in [0.25, 0.3) is 10.2 Å². The molecule has 1 aliphatic heterocycles. The van der Waals surface area contributed by atoms with Crippen molar-refractivity contribution in [3.8, 4) is 0 Å². The highest BCUT2D eigenvalue weighted by molar-refractivity contribution is 7.92. The third kappa shape index (κ3) is 6.28. The van der Waals surface area contributed by atoms with Crippen LogP contribution in [0, 0.1) is 13.8 Å². The molecule has 0 N–H and O–H groups in total. The van der Waals surface area contributed by atoms with Gasteiger partial charge in [0.2, 0.25) is 0 Å². The number of hydrogen-bond donors (Lipinski definition) is 0. The van der Waals surface area contributed by atoms with Gasteiger partial charge in [0.05, 0.1) is 20.8 Å². The predicted molar refractivity (Wildman–Crippen MR) is 172 cm³/mol. The van der Waals surface area contributed by atoms with Crippen LogP contribution in [-0.2, 0) is 16.4 Å². The summed E-state index contributed by atoms with van der Waals surface area (Å²) < 4.78 is 29.8. The fourth-order valence-electron chi connectivity index (χ4n) is 5.34. The molecule has 0 saturated carbocycles. The predicted octanol–water partition coefficient (Wildman–Crippen LogP) is 6.47. The molecule has 10 heteroatoms. The van der Waals surface area contributed by atoms with Gasteiger partial charge in [-0.25, -0.2) is 13.4 Å². The van der Waals surface area contributed by atoms with Gasteiger partial charge in [-0.1, -0.05) is 49.4 Å². The second-order valence-electron chi connectivity index (χ2n) is 10.2. The van der Waals surface area contributed by atoms with E-state index < -0.39 is 10.0 Å². The van der Waals surface area contributed by atoms with E-state index in [0.29, 0.717) is 30.3 Å². The summed E-state index contributed by atoms with van der Waals surface area (Å²) in [4.78, 5) is 23.0. The van der Waals surface area contributed by atoms with Crippen molar-refractivity contribution in [1.82, 2.24) is 9.88 Å². The second kappa shape index (κ2) is 12.9. The van der Waals surface area contributed by atoms with Crippen molar-refractivity contribution >= 4 is 60.7 Å². The molecule has 3 aromatic carbocycles. The maximum atomic E-state index is 13.9. The normalized spacial score (nSPS) is 13.2. The summed E-state index contributed by atoms with van der Waals surface area (Å²) >= 11 is 1.52. The summed E-state index contributed by atoms with van der Waals surface area (Å²) in [7, 11) is -3.75. The first-order valence-corrected chi connectivity index (χ1v) is 16.1. The third-order valence-electron chi connectivity index (χ3n) is 7.59. The number of carbonyl (C=O) groups excluding carboxylic acids is 1. The lowest BCUT2D eigenvalue weighted by atomic mass is 10.0. The lowest BCUT2D eigenvalue weighted by Crippen LogP contribution is -2.39. The van der Waals surface area contributed by atoms with Gasteiger partial charge < -0.3 is 4.90 Å². The van der Waals surface area contributed by atoms with Crippen molar-refractivity contribution in [1.29, 1.82) is 0 Å². The van der Waals surface area contributed by atoms with E-state index >= 15 is 0 Å². The van der Waals surface area contributed by atoms with Crippen LogP contribution in [-0.4, -0.2) is 56.9 Å². The fraction of sp³-hybridized carbons (Fsp3) is 0.355. The van der Waals surface area contributed by atoms with Crippen molar-refractivity contribution in [2.24, 2.45) is 0 Å². The number of fused-ring (bicyclic) bond motifs is 2. The van der Waals surface area contributed by atoms with E-state index in [1.54, 1.807) is 29.2 Å². The minimum Gasteiger partial charge on any atom is -0.302 e. The smallest absolute Gasteiger partial charge is 0.264 e. The summed E-state index contributed by atoms with van der Waals surface area (Å²) in [5, 5.41) is 0.655. The topological polar surface area (TPSA) is 73.8 Å². The summed E-state index contributed by atoms with van der Waals surface area (Å²) in [5.41, 5.74) is 5.36. The van der Waals surface area contributed by atoms with E-state index in [1.165, 1.54) is 15.6 Å². The molecule has 0 unspecified atom stereocenters. The molecule has 0 aliphatic carbocycles. The van der Waals surface area contributed by atoms with Gasteiger partial charge in [0, 0.05) is 25.2 Å². The number of amides is 1. The molecular formula is C31H37ClN4O3S2. The highest BCUT2D eigenvalue weighted by Gasteiger charge is 2.29. The third-order valence-corrected chi connectivity index (χ3v) is 10.4. The Kier molecular flexibility index (Phi) is 9.74. The van der Waals surface area contributed by atoms with E-state index in [4.69, 9.17) is 4.98 Å². The average molecular weight is 613 g/mol. The Morgan fingerprint density at radius 2 is 1.71 bits per heavy atom. The molecule has 0 spiro atoms. The number of nitrogens with zero attached hydrogens (tertiary/aromatic N) is 4. The van der Waals surface area contributed by atoms with E-state index in [-0.39, 0.29) is 23.2 Å². The van der Waals surface area contributed by atoms with Crippen LogP contribution in [0.2, 0.25) is 0 Å². The zero-order chi connectivity index (χ0) is 28.4. The molecule has 0 bridgehead atoms.